The minimum atomic E-state index is -0.634. The van der Waals surface area contributed by atoms with E-state index in [1.165, 1.54) is 9.80 Å². The van der Waals surface area contributed by atoms with E-state index >= 15 is 0 Å². The summed E-state index contributed by atoms with van der Waals surface area (Å²) in [5.74, 6) is 0.733. The number of hydrazone groups is 1. The number of rotatable bonds is 4. The summed E-state index contributed by atoms with van der Waals surface area (Å²) in [6, 6.07) is -1.12. The summed E-state index contributed by atoms with van der Waals surface area (Å²) in [5, 5.41) is 6.33. The van der Waals surface area contributed by atoms with Crippen molar-refractivity contribution in [1.82, 2.24) is 14.8 Å². The Morgan fingerprint density at radius 3 is 2.68 bits per heavy atom. The van der Waals surface area contributed by atoms with E-state index in [1.54, 1.807) is 18.1 Å². The molecule has 0 aromatic rings. The minimum absolute atomic E-state index is 0.0984. The lowest BCUT2D eigenvalue weighted by molar-refractivity contribution is -0.559. The maximum atomic E-state index is 13.0. The van der Waals surface area contributed by atoms with Crippen LogP contribution < -0.4 is 0 Å². The second kappa shape index (κ2) is 5.94. The van der Waals surface area contributed by atoms with Crippen molar-refractivity contribution in [1.29, 1.82) is 0 Å². The van der Waals surface area contributed by atoms with Crippen molar-refractivity contribution in [2.75, 3.05) is 20.1 Å². The molecule has 0 saturated carbocycles. The molecule has 0 aromatic heterocycles. The van der Waals surface area contributed by atoms with Crippen LogP contribution in [0.5, 0.6) is 0 Å². The molecule has 0 aromatic carbocycles. The Labute approximate surface area is 147 Å². The maximum absolute atomic E-state index is 13.0. The van der Waals surface area contributed by atoms with Crippen LogP contribution in [-0.2, 0) is 4.79 Å². The zero-order valence-electron chi connectivity index (χ0n) is 15.1. The quantitative estimate of drug-likeness (QED) is 0.562. The van der Waals surface area contributed by atoms with Gasteiger partial charge in [-0.15, -0.1) is 16.7 Å². The number of likely N-dealkylation sites (N-methyl/N-ethyl adjacent to an activating group) is 1. The van der Waals surface area contributed by atoms with Crippen LogP contribution in [0.25, 0.3) is 0 Å². The molecule has 2 atom stereocenters. The first kappa shape index (κ1) is 17.1. The van der Waals surface area contributed by atoms with Gasteiger partial charge in [-0.3, -0.25) is 14.6 Å². The first-order valence-electron chi connectivity index (χ1n) is 8.18. The van der Waals surface area contributed by atoms with Gasteiger partial charge >= 0.3 is 12.0 Å². The van der Waals surface area contributed by atoms with Gasteiger partial charge in [0.05, 0.1) is 5.71 Å². The summed E-state index contributed by atoms with van der Waals surface area (Å²) in [7, 11) is 1.64. The second-order valence-corrected chi connectivity index (χ2v) is 6.59. The molecule has 132 valence electrons. The molecule has 8 heteroatoms. The number of carbonyl (C=O) groups is 2. The molecule has 0 N–H and O–H groups in total. The third kappa shape index (κ3) is 2.48. The van der Waals surface area contributed by atoms with Crippen LogP contribution in [0.3, 0.4) is 0 Å². The van der Waals surface area contributed by atoms with E-state index in [0.29, 0.717) is 18.3 Å². The molecule has 1 fully saturated rings. The lowest BCUT2D eigenvalue weighted by Crippen LogP contribution is -2.64. The Morgan fingerprint density at radius 1 is 1.40 bits per heavy atom. The zero-order chi connectivity index (χ0) is 18.5. The minimum Gasteiger partial charge on any atom is -0.270 e. The summed E-state index contributed by atoms with van der Waals surface area (Å²) in [6.45, 7) is 14.1. The fourth-order valence-corrected chi connectivity index (χ4v) is 3.24. The van der Waals surface area contributed by atoms with Gasteiger partial charge in [-0.2, -0.15) is 0 Å². The Balaban J connectivity index is 2.09. The number of hydrogen-bond donors (Lipinski definition) is 0. The summed E-state index contributed by atoms with van der Waals surface area (Å²) in [5.41, 5.74) is 1.81. The first-order chi connectivity index (χ1) is 11.8. The topological polar surface area (TPSA) is 71.6 Å². The summed E-state index contributed by atoms with van der Waals surface area (Å²) in [4.78, 5) is 32.7. The van der Waals surface area contributed by atoms with Crippen molar-refractivity contribution in [2.45, 2.75) is 32.9 Å². The van der Waals surface area contributed by atoms with Gasteiger partial charge in [-0.25, -0.2) is 9.37 Å². The number of imide groups is 1. The molecule has 3 heterocycles. The number of aliphatic imine (C=N–C) groups is 1. The molecule has 3 rings (SSSR count). The number of amides is 3. The number of urea groups is 1. The predicted molar refractivity (Wildman–Crippen MR) is 95.7 cm³/mol. The van der Waals surface area contributed by atoms with E-state index < -0.39 is 12.1 Å². The second-order valence-electron chi connectivity index (χ2n) is 6.59. The Hall–Kier alpha value is -2.77. The molecule has 0 radical (unpaired) electrons. The van der Waals surface area contributed by atoms with E-state index in [9.17, 15) is 9.59 Å². The van der Waals surface area contributed by atoms with Crippen LogP contribution in [0.1, 0.15) is 20.8 Å². The molecule has 8 nitrogen and oxygen atoms in total. The average molecular weight is 343 g/mol. The Bertz CT molecular complexity index is 778. The fraction of sp³-hybridized carbons (Fsp3) is 0.471. The highest BCUT2D eigenvalue weighted by Crippen LogP contribution is 2.25. The lowest BCUT2D eigenvalue weighted by Gasteiger charge is -2.35. The van der Waals surface area contributed by atoms with Gasteiger partial charge in [0.2, 0.25) is 11.9 Å². The zero-order valence-corrected chi connectivity index (χ0v) is 15.1. The monoisotopic (exact) mass is 343 g/mol. The Morgan fingerprint density at radius 2 is 2.08 bits per heavy atom. The third-order valence-corrected chi connectivity index (χ3v) is 4.59. The molecule has 2 unspecified atom stereocenters. The third-order valence-electron chi connectivity index (χ3n) is 4.59. The number of fused-ring (bicyclic) bond motifs is 2. The maximum Gasteiger partial charge on any atom is 0.417 e. The largest absolute Gasteiger partial charge is 0.417 e. The summed E-state index contributed by atoms with van der Waals surface area (Å²) >= 11 is 0. The smallest absolute Gasteiger partial charge is 0.270 e. The molecule has 0 bridgehead atoms. The van der Waals surface area contributed by atoms with E-state index in [-0.39, 0.29) is 18.5 Å². The fourth-order valence-electron chi connectivity index (χ4n) is 3.24. The van der Waals surface area contributed by atoms with Gasteiger partial charge in [0.25, 0.3) is 5.91 Å². The van der Waals surface area contributed by atoms with Crippen LogP contribution in [0.4, 0.5) is 4.79 Å². The van der Waals surface area contributed by atoms with E-state index in [2.05, 4.69) is 23.3 Å². The highest BCUT2D eigenvalue weighted by molar-refractivity contribution is 6.23. The highest BCUT2D eigenvalue weighted by Gasteiger charge is 2.55. The standard InChI is InChI=1S/C17H23N6O2/c1-7-8-21-15(24)13-14(20(6)17(21)25)18-16-22(9-10(2)3)19-11(4)12(5)23(13)16/h7,12-13H,1-2,8-9H2,3-6H3/q+1. The predicted octanol–water partition coefficient (Wildman–Crippen LogP) is 0.872. The van der Waals surface area contributed by atoms with E-state index in [4.69, 9.17) is 0 Å². The van der Waals surface area contributed by atoms with Crippen LogP contribution in [0, 0.1) is 0 Å². The van der Waals surface area contributed by atoms with Gasteiger partial charge in [-0.05, 0) is 26.3 Å². The van der Waals surface area contributed by atoms with Crippen LogP contribution in [-0.4, -0.2) is 81.1 Å². The molecule has 25 heavy (non-hydrogen) atoms. The van der Waals surface area contributed by atoms with Crippen molar-refractivity contribution < 1.29 is 14.2 Å². The van der Waals surface area contributed by atoms with Crippen LogP contribution >= 0.6 is 0 Å². The number of hydrogen-bond acceptors (Lipinski definition) is 5. The number of carbonyl (C=O) groups excluding carboxylic acids is 2. The molecule has 3 aliphatic heterocycles. The van der Waals surface area contributed by atoms with E-state index in [1.807, 2.05) is 25.3 Å². The average Bonchev–Trinajstić information content (AvgIpc) is 2.95. The molecule has 3 amide bonds. The van der Waals surface area contributed by atoms with E-state index in [0.717, 1.165) is 11.3 Å². The SMILES string of the molecule is C=CCN1C(=O)C2C(=NC3=[N+]2C(C)C(C)=NN3CC(=C)C)N(C)C1=O. The summed E-state index contributed by atoms with van der Waals surface area (Å²) < 4.78 is 1.93. The molecule has 3 aliphatic rings. The lowest BCUT2D eigenvalue weighted by atomic mass is 10.1. The molecular formula is C17H23N6O2+. The van der Waals surface area contributed by atoms with Crippen LogP contribution in [0.15, 0.2) is 34.9 Å². The molecule has 1 saturated heterocycles. The number of guanidine groups is 1. The van der Waals surface area contributed by atoms with Crippen molar-refractivity contribution in [3.63, 3.8) is 0 Å². The molecule has 0 aliphatic carbocycles. The highest BCUT2D eigenvalue weighted by atomic mass is 16.2. The number of nitrogens with zero attached hydrogens (tertiary/aromatic N) is 6. The normalized spacial score (nSPS) is 25.7. The van der Waals surface area contributed by atoms with Crippen molar-refractivity contribution >= 4 is 29.4 Å². The molecular weight excluding hydrogens is 320 g/mol. The van der Waals surface area contributed by atoms with Crippen molar-refractivity contribution in [3.05, 3.63) is 24.8 Å². The van der Waals surface area contributed by atoms with Crippen LogP contribution in [0.2, 0.25) is 0 Å². The van der Waals surface area contributed by atoms with Gasteiger partial charge in [0.1, 0.15) is 12.6 Å². The van der Waals surface area contributed by atoms with Crippen molar-refractivity contribution in [3.8, 4) is 0 Å². The van der Waals surface area contributed by atoms with Gasteiger partial charge in [0, 0.05) is 13.6 Å². The first-order valence-corrected chi connectivity index (χ1v) is 8.18. The van der Waals surface area contributed by atoms with Gasteiger partial charge in [0.15, 0.2) is 0 Å². The number of amidine groups is 1. The Kier molecular flexibility index (Phi) is 4.06. The van der Waals surface area contributed by atoms with Gasteiger partial charge < -0.3 is 0 Å². The van der Waals surface area contributed by atoms with Crippen molar-refractivity contribution in [2.24, 2.45) is 10.1 Å². The summed E-state index contributed by atoms with van der Waals surface area (Å²) in [6.07, 6.45) is 1.55. The van der Waals surface area contributed by atoms with Gasteiger partial charge in [-0.1, -0.05) is 17.6 Å². The molecule has 0 spiro atoms.